The topological polar surface area (TPSA) is 87.4 Å². The van der Waals surface area contributed by atoms with Gasteiger partial charge in [-0.15, -0.1) is 15.0 Å². The Bertz CT molecular complexity index is 1390. The van der Waals surface area contributed by atoms with Gasteiger partial charge in [-0.3, -0.25) is 4.98 Å². The summed E-state index contributed by atoms with van der Waals surface area (Å²) in [6, 6.07) is 16.7. The lowest BCUT2D eigenvalue weighted by Gasteiger charge is -2.26. The van der Waals surface area contributed by atoms with Crippen molar-refractivity contribution in [3.05, 3.63) is 72.6 Å². The summed E-state index contributed by atoms with van der Waals surface area (Å²) in [6.07, 6.45) is 8.50. The fourth-order valence-electron chi connectivity index (χ4n) is 4.63. The van der Waals surface area contributed by atoms with Crippen LogP contribution >= 0.6 is 0 Å². The number of hydrogen-bond acceptors (Lipinski definition) is 8. The molecule has 0 spiro atoms. The van der Waals surface area contributed by atoms with Crippen molar-refractivity contribution in [1.29, 1.82) is 0 Å². The Morgan fingerprint density at radius 3 is 2.58 bits per heavy atom. The molecule has 1 atom stereocenters. The van der Waals surface area contributed by atoms with Crippen LogP contribution in [0.3, 0.4) is 0 Å². The third-order valence-corrected chi connectivity index (χ3v) is 6.97. The maximum Gasteiger partial charge on any atom is 0.387 e. The molecule has 3 heterocycles. The highest BCUT2D eigenvalue weighted by molar-refractivity contribution is 5.69. The highest BCUT2D eigenvalue weighted by Crippen LogP contribution is 2.38. The summed E-state index contributed by atoms with van der Waals surface area (Å²) in [5.41, 5.74) is 3.45. The fraction of sp³-hybridized carbons (Fsp3) is 0.379. The van der Waals surface area contributed by atoms with E-state index in [-0.39, 0.29) is 12.0 Å². The Morgan fingerprint density at radius 1 is 1.00 bits per heavy atom. The van der Waals surface area contributed by atoms with Crippen LogP contribution in [-0.4, -0.2) is 45.0 Å². The summed E-state index contributed by atoms with van der Waals surface area (Å²) in [5, 5.41) is 13.0. The lowest BCUT2D eigenvalue weighted by Crippen LogP contribution is -2.20. The van der Waals surface area contributed by atoms with Crippen molar-refractivity contribution < 1.29 is 23.0 Å². The van der Waals surface area contributed by atoms with Crippen molar-refractivity contribution in [3.8, 4) is 22.9 Å². The van der Waals surface area contributed by atoms with Crippen LogP contribution in [0.15, 0.2) is 67.0 Å². The first kappa shape index (κ1) is 26.1. The van der Waals surface area contributed by atoms with E-state index in [4.69, 9.17) is 14.2 Å². The van der Waals surface area contributed by atoms with E-state index in [1.54, 1.807) is 29.3 Å². The van der Waals surface area contributed by atoms with Crippen LogP contribution in [0.5, 0.6) is 11.5 Å². The largest absolute Gasteiger partial charge is 0.489 e. The van der Waals surface area contributed by atoms with Gasteiger partial charge in [0.05, 0.1) is 6.61 Å². The van der Waals surface area contributed by atoms with Gasteiger partial charge in [-0.05, 0) is 91.3 Å². The molecule has 4 aromatic rings. The van der Waals surface area contributed by atoms with Crippen LogP contribution in [0.1, 0.15) is 43.9 Å². The molecule has 2 aliphatic rings. The van der Waals surface area contributed by atoms with E-state index < -0.39 is 6.61 Å². The van der Waals surface area contributed by atoms with Gasteiger partial charge in [0.1, 0.15) is 0 Å². The molecule has 0 N–H and O–H groups in total. The second kappa shape index (κ2) is 12.0. The van der Waals surface area contributed by atoms with Gasteiger partial charge in [0, 0.05) is 48.5 Å². The van der Waals surface area contributed by atoms with Crippen molar-refractivity contribution in [1.82, 2.24) is 25.2 Å². The van der Waals surface area contributed by atoms with Crippen LogP contribution in [0.25, 0.3) is 11.4 Å². The highest BCUT2D eigenvalue weighted by atomic mass is 19.3. The molecule has 2 aromatic heterocycles. The minimum absolute atomic E-state index is 0.0205. The standard InChI is InChI=1S/C29H30F2N6O3/c30-29(31)40-25-13-12-24(16-26(25)39-19-20-6-7-20)36(18-21-4-3-14-32-17-21)23-10-8-22(9-11-23)28-33-35-37(34-28)27-5-1-2-15-38-27/h3-4,8-14,16-17,20,27,29H,1-2,5-7,15,18-19H2. The van der Waals surface area contributed by atoms with Gasteiger partial charge in [0.15, 0.2) is 17.7 Å². The van der Waals surface area contributed by atoms with E-state index in [1.807, 2.05) is 36.4 Å². The number of benzene rings is 2. The number of tetrazole rings is 1. The van der Waals surface area contributed by atoms with Crippen molar-refractivity contribution in [2.75, 3.05) is 18.1 Å². The molecule has 40 heavy (non-hydrogen) atoms. The number of rotatable bonds is 11. The fourth-order valence-corrected chi connectivity index (χ4v) is 4.63. The van der Waals surface area contributed by atoms with E-state index in [9.17, 15) is 8.78 Å². The molecular formula is C29H30F2N6O3. The zero-order chi connectivity index (χ0) is 27.3. The second-order valence-electron chi connectivity index (χ2n) is 10.0. The first-order valence-corrected chi connectivity index (χ1v) is 13.5. The minimum Gasteiger partial charge on any atom is -0.489 e. The molecule has 1 unspecified atom stereocenters. The van der Waals surface area contributed by atoms with Crippen LogP contribution in [-0.2, 0) is 11.3 Å². The number of nitrogens with zero attached hydrogens (tertiary/aromatic N) is 6. The van der Waals surface area contributed by atoms with E-state index in [1.165, 1.54) is 6.07 Å². The summed E-state index contributed by atoms with van der Waals surface area (Å²) < 4.78 is 42.6. The molecule has 1 saturated carbocycles. The van der Waals surface area contributed by atoms with Gasteiger partial charge in [-0.1, -0.05) is 6.07 Å². The Balaban J connectivity index is 1.29. The molecular weight excluding hydrogens is 518 g/mol. The Labute approximate surface area is 230 Å². The molecule has 0 amide bonds. The first-order chi connectivity index (χ1) is 19.6. The third kappa shape index (κ3) is 6.36. The number of alkyl halides is 2. The zero-order valence-electron chi connectivity index (χ0n) is 21.9. The van der Waals surface area contributed by atoms with Crippen LogP contribution < -0.4 is 14.4 Å². The Morgan fingerprint density at radius 2 is 1.85 bits per heavy atom. The van der Waals surface area contributed by atoms with Gasteiger partial charge in [0.25, 0.3) is 0 Å². The SMILES string of the molecule is FC(F)Oc1ccc(N(Cc2cccnc2)c2ccc(-c3nnn(C4CCCCO4)n3)cc2)cc1OCC1CC1. The van der Waals surface area contributed by atoms with Gasteiger partial charge < -0.3 is 19.1 Å². The molecule has 11 heteroatoms. The van der Waals surface area contributed by atoms with Crippen LogP contribution in [0.2, 0.25) is 0 Å². The number of ether oxygens (including phenoxy) is 3. The monoisotopic (exact) mass is 548 g/mol. The molecule has 6 rings (SSSR count). The molecule has 1 saturated heterocycles. The van der Waals surface area contributed by atoms with Gasteiger partial charge in [-0.25, -0.2) is 0 Å². The van der Waals surface area contributed by atoms with Crippen LogP contribution in [0, 0.1) is 5.92 Å². The Kier molecular flexibility index (Phi) is 7.80. The van der Waals surface area contributed by atoms with Crippen LogP contribution in [0.4, 0.5) is 20.2 Å². The summed E-state index contributed by atoms with van der Waals surface area (Å²) >= 11 is 0. The highest BCUT2D eigenvalue weighted by Gasteiger charge is 2.24. The van der Waals surface area contributed by atoms with Crippen molar-refractivity contribution in [3.63, 3.8) is 0 Å². The minimum atomic E-state index is -2.94. The van der Waals surface area contributed by atoms with Crippen molar-refractivity contribution >= 4 is 11.4 Å². The number of halogens is 2. The first-order valence-electron chi connectivity index (χ1n) is 13.5. The van der Waals surface area contributed by atoms with Gasteiger partial charge in [-0.2, -0.15) is 8.78 Å². The molecule has 1 aliphatic carbocycles. The van der Waals surface area contributed by atoms with Gasteiger partial charge >= 0.3 is 6.61 Å². The molecule has 9 nitrogen and oxygen atoms in total. The average Bonchev–Trinajstić information content (AvgIpc) is 3.69. The number of anilines is 2. The average molecular weight is 549 g/mol. The number of aromatic nitrogens is 5. The van der Waals surface area contributed by atoms with E-state index >= 15 is 0 Å². The molecule has 0 radical (unpaired) electrons. The van der Waals surface area contributed by atoms with E-state index in [0.717, 1.165) is 54.6 Å². The lowest BCUT2D eigenvalue weighted by molar-refractivity contribution is -0.0515. The molecule has 2 aromatic carbocycles. The third-order valence-electron chi connectivity index (χ3n) is 6.97. The van der Waals surface area contributed by atoms with Crippen molar-refractivity contribution in [2.45, 2.75) is 51.5 Å². The predicted molar refractivity (Wildman–Crippen MR) is 143 cm³/mol. The summed E-state index contributed by atoms with van der Waals surface area (Å²) in [5.74, 6) is 1.29. The molecule has 2 fully saturated rings. The Hall–Kier alpha value is -4.12. The maximum absolute atomic E-state index is 13.1. The maximum atomic E-state index is 13.1. The molecule has 1 aliphatic heterocycles. The molecule has 0 bridgehead atoms. The number of pyridine rings is 1. The van der Waals surface area contributed by atoms with Crippen molar-refractivity contribution in [2.24, 2.45) is 5.92 Å². The normalized spacial score (nSPS) is 17.1. The van der Waals surface area contributed by atoms with Gasteiger partial charge in [0.2, 0.25) is 5.82 Å². The molecule has 208 valence electrons. The zero-order valence-corrected chi connectivity index (χ0v) is 21.9. The number of hydrogen-bond donors (Lipinski definition) is 0. The second-order valence-corrected chi connectivity index (χ2v) is 10.0. The summed E-state index contributed by atoms with van der Waals surface area (Å²) in [4.78, 5) is 7.86. The smallest absolute Gasteiger partial charge is 0.387 e. The lowest BCUT2D eigenvalue weighted by atomic mass is 10.1. The quantitative estimate of drug-likeness (QED) is 0.220. The predicted octanol–water partition coefficient (Wildman–Crippen LogP) is 6.16. The van der Waals surface area contributed by atoms with E-state index in [0.29, 0.717) is 37.3 Å². The summed E-state index contributed by atoms with van der Waals surface area (Å²) in [7, 11) is 0. The van der Waals surface area contributed by atoms with E-state index in [2.05, 4.69) is 25.3 Å². The summed E-state index contributed by atoms with van der Waals surface area (Å²) in [6.45, 7) is -1.27.